The first-order chi connectivity index (χ1) is 5.53. The summed E-state index contributed by atoms with van der Waals surface area (Å²) in [6.07, 6.45) is 2.58. The normalized spacial score (nSPS) is 23.2. The van der Waals surface area contributed by atoms with E-state index in [1.54, 1.807) is 0 Å². The Kier molecular flexibility index (Phi) is 2.79. The van der Waals surface area contributed by atoms with Crippen LogP contribution in [-0.2, 0) is 0 Å². The highest BCUT2D eigenvalue weighted by Gasteiger charge is 2.46. The molecule has 1 fully saturated rings. The van der Waals surface area contributed by atoms with E-state index in [1.807, 2.05) is 0 Å². The molecule has 72 valence electrons. The van der Waals surface area contributed by atoms with Crippen molar-refractivity contribution in [2.45, 2.75) is 45.2 Å². The molecule has 1 unspecified atom stereocenters. The second-order valence-electron chi connectivity index (χ2n) is 4.52. The molecule has 0 spiro atoms. The summed E-state index contributed by atoms with van der Waals surface area (Å²) in [5, 5.41) is 0. The van der Waals surface area contributed by atoms with E-state index in [2.05, 4.69) is 32.7 Å². The van der Waals surface area contributed by atoms with Gasteiger partial charge in [-0.15, -0.1) is 0 Å². The van der Waals surface area contributed by atoms with Crippen LogP contribution in [0.25, 0.3) is 0 Å². The maximum Gasteiger partial charge on any atom is 0.0333 e. The highest BCUT2D eigenvalue weighted by atomic mass is 15.2. The first-order valence-corrected chi connectivity index (χ1v) is 4.96. The zero-order chi connectivity index (χ0) is 9.35. The predicted molar refractivity (Wildman–Crippen MR) is 53.1 cm³/mol. The van der Waals surface area contributed by atoms with Crippen molar-refractivity contribution >= 4 is 0 Å². The van der Waals surface area contributed by atoms with E-state index in [-0.39, 0.29) is 0 Å². The molecule has 1 aliphatic rings. The minimum Gasteiger partial charge on any atom is -0.329 e. The average molecular weight is 170 g/mol. The molecule has 0 aromatic heterocycles. The van der Waals surface area contributed by atoms with Gasteiger partial charge in [-0.1, -0.05) is 13.8 Å². The Labute approximate surface area is 76.1 Å². The van der Waals surface area contributed by atoms with Crippen molar-refractivity contribution in [3.63, 3.8) is 0 Å². The van der Waals surface area contributed by atoms with Crippen LogP contribution in [0.2, 0.25) is 0 Å². The zero-order valence-corrected chi connectivity index (χ0v) is 8.80. The molecule has 0 aliphatic heterocycles. The Morgan fingerprint density at radius 3 is 2.08 bits per heavy atom. The van der Waals surface area contributed by atoms with Crippen molar-refractivity contribution in [2.24, 2.45) is 11.7 Å². The molecule has 12 heavy (non-hydrogen) atoms. The van der Waals surface area contributed by atoms with Crippen molar-refractivity contribution in [2.75, 3.05) is 13.6 Å². The molecule has 0 radical (unpaired) electrons. The fourth-order valence-corrected chi connectivity index (χ4v) is 1.72. The molecule has 1 atom stereocenters. The van der Waals surface area contributed by atoms with Crippen LogP contribution in [0.3, 0.4) is 0 Å². The summed E-state index contributed by atoms with van der Waals surface area (Å²) in [5.74, 6) is 0.721. The largest absolute Gasteiger partial charge is 0.329 e. The zero-order valence-electron chi connectivity index (χ0n) is 8.80. The Bertz CT molecular complexity index is 150. The summed E-state index contributed by atoms with van der Waals surface area (Å²) >= 11 is 0. The minimum absolute atomic E-state index is 0.365. The van der Waals surface area contributed by atoms with Crippen molar-refractivity contribution < 1.29 is 0 Å². The van der Waals surface area contributed by atoms with Crippen LogP contribution in [0.5, 0.6) is 0 Å². The quantitative estimate of drug-likeness (QED) is 0.692. The molecule has 1 saturated carbocycles. The number of hydrogen-bond donors (Lipinski definition) is 1. The lowest BCUT2D eigenvalue weighted by atomic mass is 10.0. The first kappa shape index (κ1) is 10.0. The number of likely N-dealkylation sites (N-methyl/N-ethyl adjacent to an activating group) is 1. The fourth-order valence-electron chi connectivity index (χ4n) is 1.72. The van der Waals surface area contributed by atoms with Crippen LogP contribution >= 0.6 is 0 Å². The third-order valence-corrected chi connectivity index (χ3v) is 3.53. The lowest BCUT2D eigenvalue weighted by Gasteiger charge is -2.35. The van der Waals surface area contributed by atoms with Crippen LogP contribution < -0.4 is 5.73 Å². The number of nitrogens with zero attached hydrogens (tertiary/aromatic N) is 1. The lowest BCUT2D eigenvalue weighted by Crippen LogP contribution is -2.47. The van der Waals surface area contributed by atoms with Crippen LogP contribution in [0, 0.1) is 5.92 Å². The van der Waals surface area contributed by atoms with Gasteiger partial charge in [-0.05, 0) is 32.7 Å². The number of rotatable bonds is 4. The van der Waals surface area contributed by atoms with Gasteiger partial charge in [0.1, 0.15) is 0 Å². The minimum atomic E-state index is 0.365. The third-order valence-electron chi connectivity index (χ3n) is 3.53. The third kappa shape index (κ3) is 1.64. The molecule has 1 rings (SSSR count). The van der Waals surface area contributed by atoms with Gasteiger partial charge in [-0.25, -0.2) is 0 Å². The van der Waals surface area contributed by atoms with Gasteiger partial charge < -0.3 is 5.73 Å². The predicted octanol–water partition coefficient (Wildman–Crippen LogP) is 1.45. The summed E-state index contributed by atoms with van der Waals surface area (Å²) in [7, 11) is 2.21. The second-order valence-corrected chi connectivity index (χ2v) is 4.52. The molecule has 0 heterocycles. The molecule has 0 aromatic carbocycles. The smallest absolute Gasteiger partial charge is 0.0333 e. The van der Waals surface area contributed by atoms with Gasteiger partial charge in [0.15, 0.2) is 0 Å². The van der Waals surface area contributed by atoms with Crippen molar-refractivity contribution in [3.8, 4) is 0 Å². The second kappa shape index (κ2) is 3.35. The Morgan fingerprint density at radius 2 is 1.83 bits per heavy atom. The number of hydrogen-bond acceptors (Lipinski definition) is 2. The Balaban J connectivity index is 2.52. The van der Waals surface area contributed by atoms with Crippen LogP contribution in [0.15, 0.2) is 0 Å². The van der Waals surface area contributed by atoms with E-state index in [1.165, 1.54) is 12.8 Å². The molecule has 0 aromatic rings. The molecule has 2 N–H and O–H groups in total. The van der Waals surface area contributed by atoms with E-state index >= 15 is 0 Å². The monoisotopic (exact) mass is 170 g/mol. The van der Waals surface area contributed by atoms with Crippen molar-refractivity contribution in [3.05, 3.63) is 0 Å². The summed E-state index contributed by atoms with van der Waals surface area (Å²) in [6.45, 7) is 7.66. The van der Waals surface area contributed by atoms with Crippen molar-refractivity contribution in [1.82, 2.24) is 4.90 Å². The van der Waals surface area contributed by atoms with Crippen LogP contribution in [-0.4, -0.2) is 30.1 Å². The summed E-state index contributed by atoms with van der Waals surface area (Å²) in [6, 6.07) is 0.649. The maximum atomic E-state index is 5.77. The summed E-state index contributed by atoms with van der Waals surface area (Å²) in [4.78, 5) is 2.47. The molecule has 0 saturated heterocycles. The molecule has 0 amide bonds. The molecule has 2 heteroatoms. The van der Waals surface area contributed by atoms with Crippen LogP contribution in [0.1, 0.15) is 33.6 Å². The van der Waals surface area contributed by atoms with E-state index in [0.29, 0.717) is 11.6 Å². The average Bonchev–Trinajstić information content (AvgIpc) is 2.82. The maximum absolute atomic E-state index is 5.77. The number of nitrogens with two attached hydrogens (primary N) is 1. The molecular weight excluding hydrogens is 148 g/mol. The molecule has 1 aliphatic carbocycles. The standard InChI is InChI=1S/C10H22N2/c1-8(2)9(3)12(4)10(7-11)5-6-10/h8-9H,5-7,11H2,1-4H3. The van der Waals surface area contributed by atoms with E-state index in [4.69, 9.17) is 5.73 Å². The fraction of sp³-hybridized carbons (Fsp3) is 1.00. The first-order valence-electron chi connectivity index (χ1n) is 4.96. The lowest BCUT2D eigenvalue weighted by molar-refractivity contribution is 0.135. The summed E-state index contributed by atoms with van der Waals surface area (Å²) < 4.78 is 0. The van der Waals surface area contributed by atoms with E-state index in [0.717, 1.165) is 12.5 Å². The summed E-state index contributed by atoms with van der Waals surface area (Å²) in [5.41, 5.74) is 6.13. The van der Waals surface area contributed by atoms with Crippen molar-refractivity contribution in [1.29, 1.82) is 0 Å². The Hall–Kier alpha value is -0.0800. The van der Waals surface area contributed by atoms with Gasteiger partial charge in [0.2, 0.25) is 0 Å². The highest BCUT2D eigenvalue weighted by molar-refractivity contribution is 5.05. The van der Waals surface area contributed by atoms with Gasteiger partial charge in [0.25, 0.3) is 0 Å². The molecular formula is C10H22N2. The van der Waals surface area contributed by atoms with Crippen LogP contribution in [0.4, 0.5) is 0 Å². The van der Waals surface area contributed by atoms with Gasteiger partial charge >= 0.3 is 0 Å². The van der Waals surface area contributed by atoms with Gasteiger partial charge in [-0.3, -0.25) is 4.90 Å². The van der Waals surface area contributed by atoms with Gasteiger partial charge in [0, 0.05) is 18.1 Å². The topological polar surface area (TPSA) is 29.3 Å². The van der Waals surface area contributed by atoms with Gasteiger partial charge in [-0.2, -0.15) is 0 Å². The van der Waals surface area contributed by atoms with Gasteiger partial charge in [0.05, 0.1) is 0 Å². The molecule has 2 nitrogen and oxygen atoms in total. The highest BCUT2D eigenvalue weighted by Crippen LogP contribution is 2.41. The van der Waals surface area contributed by atoms with E-state index in [9.17, 15) is 0 Å². The SMILES string of the molecule is CC(C)C(C)N(C)C1(CN)CC1. The van der Waals surface area contributed by atoms with E-state index < -0.39 is 0 Å². The Morgan fingerprint density at radius 1 is 1.33 bits per heavy atom. The molecule has 0 bridgehead atoms.